The minimum Gasteiger partial charge on any atom is -0.292 e. The van der Waals surface area contributed by atoms with Gasteiger partial charge >= 0.3 is 0 Å². The number of allylic oxidation sites excluding steroid dienone is 5. The highest BCUT2D eigenvalue weighted by molar-refractivity contribution is 5.90. The normalized spacial score (nSPS) is 16.5. The molecule has 152 valence electrons. The Bertz CT molecular complexity index is 1320. The molecule has 0 saturated carbocycles. The number of hydrogen-bond donors (Lipinski definition) is 0. The fraction of sp³-hybridized carbons (Fsp3) is 0.138. The lowest BCUT2D eigenvalue weighted by Crippen LogP contribution is -2.17. The van der Waals surface area contributed by atoms with Gasteiger partial charge in [0.1, 0.15) is 5.82 Å². The Morgan fingerprint density at radius 3 is 2.42 bits per heavy atom. The van der Waals surface area contributed by atoms with Gasteiger partial charge in [-0.05, 0) is 47.4 Å². The maximum Gasteiger partial charge on any atom is 0.146 e. The average Bonchev–Trinajstić information content (AvgIpc) is 3.23. The molecule has 2 aliphatic carbocycles. The maximum atomic E-state index is 5.15. The number of para-hydroxylation sites is 3. The molecule has 2 aliphatic rings. The lowest BCUT2D eigenvalue weighted by Gasteiger charge is -2.29. The first kappa shape index (κ1) is 19.3. The van der Waals surface area contributed by atoms with E-state index >= 15 is 0 Å². The van der Waals surface area contributed by atoms with Gasteiger partial charge in [-0.2, -0.15) is 0 Å². The number of nitrogens with zero attached hydrogens (tertiary/aromatic N) is 2. The fourth-order valence-electron chi connectivity index (χ4n) is 4.65. The SMILES string of the molecule is C1=CC2=C(c3nc4ccccc4n3-c3ccccc3)c3ccccc3CC2C=C1.CC. The molecule has 0 amide bonds. The number of rotatable bonds is 2. The van der Waals surface area contributed by atoms with Crippen LogP contribution >= 0.6 is 0 Å². The third-order valence-corrected chi connectivity index (χ3v) is 5.94. The minimum absolute atomic E-state index is 0.397. The molecule has 31 heavy (non-hydrogen) atoms. The van der Waals surface area contributed by atoms with Crippen LogP contribution in [-0.4, -0.2) is 9.55 Å². The molecule has 0 N–H and O–H groups in total. The smallest absolute Gasteiger partial charge is 0.146 e. The topological polar surface area (TPSA) is 17.8 Å². The van der Waals surface area contributed by atoms with Gasteiger partial charge in [0, 0.05) is 17.2 Å². The molecule has 2 heteroatoms. The summed E-state index contributed by atoms with van der Waals surface area (Å²) in [6.45, 7) is 4.00. The summed E-state index contributed by atoms with van der Waals surface area (Å²) in [5.74, 6) is 1.42. The first-order valence-corrected chi connectivity index (χ1v) is 11.1. The zero-order valence-electron chi connectivity index (χ0n) is 18.0. The zero-order valence-corrected chi connectivity index (χ0v) is 18.0. The number of aromatic nitrogens is 2. The largest absolute Gasteiger partial charge is 0.292 e. The fourth-order valence-corrected chi connectivity index (χ4v) is 4.65. The highest BCUT2D eigenvalue weighted by atomic mass is 15.1. The second-order valence-electron chi connectivity index (χ2n) is 7.64. The van der Waals surface area contributed by atoms with Gasteiger partial charge in [-0.25, -0.2) is 4.98 Å². The Morgan fingerprint density at radius 1 is 0.806 bits per heavy atom. The van der Waals surface area contributed by atoms with Crippen molar-refractivity contribution in [2.75, 3.05) is 0 Å². The highest BCUT2D eigenvalue weighted by Crippen LogP contribution is 2.42. The molecule has 6 rings (SSSR count). The van der Waals surface area contributed by atoms with Crippen LogP contribution in [0.5, 0.6) is 0 Å². The van der Waals surface area contributed by atoms with E-state index in [1.807, 2.05) is 13.8 Å². The summed E-state index contributed by atoms with van der Waals surface area (Å²) in [7, 11) is 0. The average molecular weight is 403 g/mol. The monoisotopic (exact) mass is 402 g/mol. The predicted molar refractivity (Wildman–Crippen MR) is 130 cm³/mol. The highest BCUT2D eigenvalue weighted by Gasteiger charge is 2.29. The van der Waals surface area contributed by atoms with E-state index in [0.29, 0.717) is 5.92 Å². The third-order valence-electron chi connectivity index (χ3n) is 5.94. The summed E-state index contributed by atoms with van der Waals surface area (Å²) in [4.78, 5) is 5.15. The van der Waals surface area contributed by atoms with Crippen molar-refractivity contribution in [1.82, 2.24) is 9.55 Å². The molecule has 0 aliphatic heterocycles. The van der Waals surface area contributed by atoms with Gasteiger partial charge in [0.15, 0.2) is 0 Å². The van der Waals surface area contributed by atoms with Gasteiger partial charge < -0.3 is 0 Å². The van der Waals surface area contributed by atoms with Crippen LogP contribution in [0.2, 0.25) is 0 Å². The molecule has 0 bridgehead atoms. The molecule has 0 radical (unpaired) electrons. The van der Waals surface area contributed by atoms with Crippen molar-refractivity contribution in [3.8, 4) is 5.69 Å². The summed E-state index contributed by atoms with van der Waals surface area (Å²) in [6.07, 6.45) is 9.95. The number of fused-ring (bicyclic) bond motifs is 3. The molecule has 1 aromatic heterocycles. The Kier molecular flexibility index (Phi) is 5.13. The quantitative estimate of drug-likeness (QED) is 0.348. The van der Waals surface area contributed by atoms with E-state index in [1.54, 1.807) is 0 Å². The van der Waals surface area contributed by atoms with Crippen LogP contribution < -0.4 is 0 Å². The van der Waals surface area contributed by atoms with Gasteiger partial charge in [-0.3, -0.25) is 4.57 Å². The lowest BCUT2D eigenvalue weighted by molar-refractivity contribution is 0.751. The van der Waals surface area contributed by atoms with E-state index < -0.39 is 0 Å². The van der Waals surface area contributed by atoms with Crippen molar-refractivity contribution >= 4 is 16.6 Å². The van der Waals surface area contributed by atoms with Gasteiger partial charge in [0.05, 0.1) is 11.0 Å². The van der Waals surface area contributed by atoms with Crippen LogP contribution in [0.1, 0.15) is 30.8 Å². The standard InChI is InChI=1S/C27H20N2.C2H6/c1-2-12-21(13-3-1)29-25-17-9-8-16-24(25)28-27(29)26-22-14-6-4-10-19(22)18-20-11-5-7-15-23(20)26;1-2/h1-17,19H,18H2;1-2H3. The number of benzene rings is 3. The third kappa shape index (κ3) is 3.25. The first-order chi connectivity index (χ1) is 15.4. The summed E-state index contributed by atoms with van der Waals surface area (Å²) >= 11 is 0. The number of imidazole rings is 1. The summed E-state index contributed by atoms with van der Waals surface area (Å²) in [5.41, 5.74) is 8.59. The molecule has 1 heterocycles. The van der Waals surface area contributed by atoms with Crippen molar-refractivity contribution < 1.29 is 0 Å². The van der Waals surface area contributed by atoms with Crippen LogP contribution in [0.25, 0.3) is 22.3 Å². The molecular formula is C29H26N2. The molecule has 4 aromatic rings. The van der Waals surface area contributed by atoms with E-state index in [2.05, 4.69) is 108 Å². The van der Waals surface area contributed by atoms with Crippen LogP contribution in [-0.2, 0) is 6.42 Å². The molecule has 0 fully saturated rings. The minimum atomic E-state index is 0.397. The zero-order chi connectivity index (χ0) is 21.2. The molecule has 1 unspecified atom stereocenters. The van der Waals surface area contributed by atoms with Crippen molar-refractivity contribution in [3.63, 3.8) is 0 Å². The van der Waals surface area contributed by atoms with Crippen LogP contribution in [0.15, 0.2) is 109 Å². The van der Waals surface area contributed by atoms with Crippen molar-refractivity contribution in [3.05, 3.63) is 126 Å². The van der Waals surface area contributed by atoms with Gasteiger partial charge in [0.25, 0.3) is 0 Å². The lowest BCUT2D eigenvalue weighted by atomic mass is 9.76. The van der Waals surface area contributed by atoms with Crippen LogP contribution in [0, 0.1) is 5.92 Å². The molecule has 3 aromatic carbocycles. The van der Waals surface area contributed by atoms with E-state index in [0.717, 1.165) is 29.0 Å². The summed E-state index contributed by atoms with van der Waals surface area (Å²) < 4.78 is 2.31. The first-order valence-electron chi connectivity index (χ1n) is 11.1. The Balaban J connectivity index is 0.000000994. The Labute approximate surface area is 183 Å². The van der Waals surface area contributed by atoms with Crippen molar-refractivity contribution in [1.29, 1.82) is 0 Å². The molecule has 0 spiro atoms. The van der Waals surface area contributed by atoms with Gasteiger partial charge in [-0.15, -0.1) is 0 Å². The summed E-state index contributed by atoms with van der Waals surface area (Å²) in [6, 6.07) is 27.8. The van der Waals surface area contributed by atoms with Gasteiger partial charge in [-0.1, -0.05) is 92.7 Å². The molecule has 2 nitrogen and oxygen atoms in total. The Hall–Kier alpha value is -3.65. The predicted octanol–water partition coefficient (Wildman–Crippen LogP) is 7.15. The number of hydrogen-bond acceptors (Lipinski definition) is 1. The van der Waals surface area contributed by atoms with Crippen molar-refractivity contribution in [2.24, 2.45) is 5.92 Å². The van der Waals surface area contributed by atoms with Crippen LogP contribution in [0.4, 0.5) is 0 Å². The maximum absolute atomic E-state index is 5.15. The summed E-state index contributed by atoms with van der Waals surface area (Å²) in [5, 5.41) is 0. The van der Waals surface area contributed by atoms with Gasteiger partial charge in [0.2, 0.25) is 0 Å². The van der Waals surface area contributed by atoms with Crippen molar-refractivity contribution in [2.45, 2.75) is 20.3 Å². The second-order valence-corrected chi connectivity index (χ2v) is 7.64. The Morgan fingerprint density at radius 2 is 1.55 bits per heavy atom. The van der Waals surface area contributed by atoms with E-state index in [1.165, 1.54) is 22.3 Å². The van der Waals surface area contributed by atoms with Crippen LogP contribution in [0.3, 0.4) is 0 Å². The van der Waals surface area contributed by atoms with E-state index in [4.69, 9.17) is 4.98 Å². The van der Waals surface area contributed by atoms with E-state index in [9.17, 15) is 0 Å². The molecular weight excluding hydrogens is 376 g/mol. The molecule has 0 saturated heterocycles. The second kappa shape index (κ2) is 8.23. The molecule has 1 atom stereocenters. The van der Waals surface area contributed by atoms with E-state index in [-0.39, 0.29) is 0 Å².